The van der Waals surface area contributed by atoms with Crippen molar-refractivity contribution in [2.24, 2.45) is 0 Å². The molecule has 0 atom stereocenters. The molecule has 1 aromatic carbocycles. The first kappa shape index (κ1) is 20.2. The highest BCUT2D eigenvalue weighted by molar-refractivity contribution is 5.87. The van der Waals surface area contributed by atoms with Crippen LogP contribution in [0.25, 0.3) is 0 Å². The van der Waals surface area contributed by atoms with Crippen LogP contribution in [0.2, 0.25) is 0 Å². The Balaban J connectivity index is 1.69. The third kappa shape index (κ3) is 5.71. The van der Waals surface area contributed by atoms with Gasteiger partial charge in [-0.15, -0.1) is 0 Å². The smallest absolute Gasteiger partial charge is 0.242 e. The van der Waals surface area contributed by atoms with Gasteiger partial charge in [0.2, 0.25) is 12.3 Å². The normalized spacial score (nSPS) is 14.9. The molecule has 0 unspecified atom stereocenters. The number of para-hydroxylation sites is 2. The summed E-state index contributed by atoms with van der Waals surface area (Å²) in [6.45, 7) is 5.65. The van der Waals surface area contributed by atoms with E-state index in [2.05, 4.69) is 21.2 Å². The number of anilines is 1. The van der Waals surface area contributed by atoms with E-state index in [0.717, 1.165) is 57.0 Å². The number of nitrogens with one attached hydrogen (secondary N) is 1. The number of hydrogen-bond donors (Lipinski definition) is 1. The van der Waals surface area contributed by atoms with Gasteiger partial charge >= 0.3 is 0 Å². The molecule has 1 aromatic rings. The quantitative estimate of drug-likeness (QED) is 0.491. The van der Waals surface area contributed by atoms with Crippen LogP contribution in [0.15, 0.2) is 24.3 Å². The third-order valence-corrected chi connectivity index (χ3v) is 4.70. The maximum absolute atomic E-state index is 11.7. The lowest BCUT2D eigenvalue weighted by molar-refractivity contribution is -0.137. The van der Waals surface area contributed by atoms with Gasteiger partial charge in [-0.3, -0.25) is 19.4 Å². The molecule has 1 fully saturated rings. The van der Waals surface area contributed by atoms with Gasteiger partial charge in [0.15, 0.2) is 0 Å². The number of amides is 2. The van der Waals surface area contributed by atoms with Gasteiger partial charge in [0.05, 0.1) is 19.3 Å². The van der Waals surface area contributed by atoms with Gasteiger partial charge in [0.1, 0.15) is 5.75 Å². The van der Waals surface area contributed by atoms with Gasteiger partial charge in [0, 0.05) is 32.7 Å². The summed E-state index contributed by atoms with van der Waals surface area (Å²) in [7, 11) is 3.41. The number of imide groups is 1. The number of methoxy groups -OCH3 is 1. The Hall–Kier alpha value is -2.12. The van der Waals surface area contributed by atoms with Crippen molar-refractivity contribution in [1.82, 2.24) is 15.1 Å². The van der Waals surface area contributed by atoms with Gasteiger partial charge in [0.25, 0.3) is 0 Å². The van der Waals surface area contributed by atoms with E-state index in [0.29, 0.717) is 13.0 Å². The molecule has 2 amide bonds. The molecule has 0 saturated carbocycles. The molecule has 0 aromatic heterocycles. The van der Waals surface area contributed by atoms with Crippen LogP contribution in [0.4, 0.5) is 5.69 Å². The van der Waals surface area contributed by atoms with E-state index in [9.17, 15) is 9.59 Å². The number of rotatable bonds is 10. The lowest BCUT2D eigenvalue weighted by atomic mass is 10.2. The Morgan fingerprint density at radius 2 is 1.96 bits per heavy atom. The Morgan fingerprint density at radius 3 is 2.62 bits per heavy atom. The van der Waals surface area contributed by atoms with Crippen molar-refractivity contribution in [2.75, 3.05) is 64.9 Å². The maximum Gasteiger partial charge on any atom is 0.242 e. The molecule has 7 nitrogen and oxygen atoms in total. The molecule has 7 heteroatoms. The second-order valence-electron chi connectivity index (χ2n) is 6.43. The zero-order chi connectivity index (χ0) is 18.8. The maximum atomic E-state index is 11.7. The number of ether oxygens (including phenoxy) is 1. The third-order valence-electron chi connectivity index (χ3n) is 4.70. The monoisotopic (exact) mass is 362 g/mol. The van der Waals surface area contributed by atoms with Crippen LogP contribution in [-0.2, 0) is 9.59 Å². The molecule has 0 bridgehead atoms. The van der Waals surface area contributed by atoms with E-state index < -0.39 is 0 Å². The minimum Gasteiger partial charge on any atom is -0.495 e. The average Bonchev–Trinajstić information content (AvgIpc) is 2.68. The molecule has 2 rings (SSSR count). The van der Waals surface area contributed by atoms with Crippen molar-refractivity contribution in [1.29, 1.82) is 0 Å². The predicted octanol–water partition coefficient (Wildman–Crippen LogP) is 0.802. The number of carbonyl (C=O) groups is 2. The molecular formula is C19H30N4O3. The van der Waals surface area contributed by atoms with Crippen molar-refractivity contribution in [3.05, 3.63) is 24.3 Å². The van der Waals surface area contributed by atoms with Crippen LogP contribution in [0.5, 0.6) is 5.75 Å². The van der Waals surface area contributed by atoms with E-state index in [1.165, 1.54) is 4.90 Å². The summed E-state index contributed by atoms with van der Waals surface area (Å²) in [5.41, 5.74) is 1.15. The Labute approximate surface area is 155 Å². The topological polar surface area (TPSA) is 65.1 Å². The fourth-order valence-electron chi connectivity index (χ4n) is 3.21. The standard InChI is InChI=1S/C19H30N4O3/c1-20-15-19(25)23(16-24)10-6-5-9-21-11-13-22(14-12-21)17-7-3-4-8-18(17)26-2/h3-4,7-8,16,20H,5-6,9-15H2,1-2H3. The summed E-state index contributed by atoms with van der Waals surface area (Å²) in [5.74, 6) is 0.745. The fraction of sp³-hybridized carbons (Fsp3) is 0.579. The minimum absolute atomic E-state index is 0.173. The molecule has 0 spiro atoms. The molecular weight excluding hydrogens is 332 g/mol. The fourth-order valence-corrected chi connectivity index (χ4v) is 3.21. The summed E-state index contributed by atoms with van der Waals surface area (Å²) < 4.78 is 5.45. The van der Waals surface area contributed by atoms with Gasteiger partial charge < -0.3 is 15.0 Å². The number of benzene rings is 1. The SMILES string of the molecule is CNCC(=O)N(C=O)CCCCN1CCN(c2ccccc2OC)CC1. The van der Waals surface area contributed by atoms with Crippen molar-refractivity contribution >= 4 is 18.0 Å². The van der Waals surface area contributed by atoms with Gasteiger partial charge in [-0.05, 0) is 38.6 Å². The summed E-state index contributed by atoms with van der Waals surface area (Å²) in [4.78, 5) is 28.7. The van der Waals surface area contributed by atoms with E-state index in [1.54, 1.807) is 14.2 Å². The van der Waals surface area contributed by atoms with Crippen LogP contribution in [0, 0.1) is 0 Å². The van der Waals surface area contributed by atoms with E-state index in [-0.39, 0.29) is 12.5 Å². The number of likely N-dealkylation sites (N-methyl/N-ethyl adjacent to an activating group) is 1. The number of carbonyl (C=O) groups excluding carboxylic acids is 2. The highest BCUT2D eigenvalue weighted by Gasteiger charge is 2.19. The van der Waals surface area contributed by atoms with Crippen LogP contribution >= 0.6 is 0 Å². The van der Waals surface area contributed by atoms with Crippen LogP contribution in [0.3, 0.4) is 0 Å². The largest absolute Gasteiger partial charge is 0.495 e. The highest BCUT2D eigenvalue weighted by Crippen LogP contribution is 2.28. The van der Waals surface area contributed by atoms with Crippen molar-refractivity contribution in [2.45, 2.75) is 12.8 Å². The number of hydrogen-bond acceptors (Lipinski definition) is 6. The number of piperazine rings is 1. The highest BCUT2D eigenvalue weighted by atomic mass is 16.5. The number of unbranched alkanes of at least 4 members (excludes halogenated alkanes) is 1. The van der Waals surface area contributed by atoms with Crippen LogP contribution in [-0.4, -0.2) is 82.1 Å². The van der Waals surface area contributed by atoms with Gasteiger partial charge in [-0.25, -0.2) is 0 Å². The first-order chi connectivity index (χ1) is 12.7. The molecule has 1 N–H and O–H groups in total. The molecule has 1 heterocycles. The molecule has 144 valence electrons. The van der Waals surface area contributed by atoms with Crippen LogP contribution in [0.1, 0.15) is 12.8 Å². The lowest BCUT2D eigenvalue weighted by Gasteiger charge is -2.36. The molecule has 1 aliphatic heterocycles. The molecule has 1 aliphatic rings. The second kappa shape index (κ2) is 10.8. The summed E-state index contributed by atoms with van der Waals surface area (Å²) in [5, 5.41) is 2.78. The average molecular weight is 362 g/mol. The zero-order valence-corrected chi connectivity index (χ0v) is 15.8. The van der Waals surface area contributed by atoms with Gasteiger partial charge in [-0.2, -0.15) is 0 Å². The van der Waals surface area contributed by atoms with Crippen molar-refractivity contribution in [3.63, 3.8) is 0 Å². The summed E-state index contributed by atoms with van der Waals surface area (Å²) in [6, 6.07) is 8.13. The summed E-state index contributed by atoms with van der Waals surface area (Å²) in [6.07, 6.45) is 2.44. The second-order valence-corrected chi connectivity index (χ2v) is 6.43. The van der Waals surface area contributed by atoms with E-state index in [4.69, 9.17) is 4.74 Å². The van der Waals surface area contributed by atoms with E-state index >= 15 is 0 Å². The molecule has 0 aliphatic carbocycles. The van der Waals surface area contributed by atoms with E-state index in [1.807, 2.05) is 18.2 Å². The zero-order valence-electron chi connectivity index (χ0n) is 15.8. The first-order valence-electron chi connectivity index (χ1n) is 9.19. The molecule has 1 saturated heterocycles. The summed E-state index contributed by atoms with van der Waals surface area (Å²) >= 11 is 0. The van der Waals surface area contributed by atoms with Crippen molar-refractivity contribution in [3.8, 4) is 5.75 Å². The first-order valence-corrected chi connectivity index (χ1v) is 9.19. The van der Waals surface area contributed by atoms with Crippen LogP contribution < -0.4 is 15.0 Å². The predicted molar refractivity (Wildman–Crippen MR) is 103 cm³/mol. The number of nitrogens with zero attached hydrogens (tertiary/aromatic N) is 3. The van der Waals surface area contributed by atoms with Crippen molar-refractivity contribution < 1.29 is 14.3 Å². The Kier molecular flexibility index (Phi) is 8.37. The molecule has 0 radical (unpaired) electrons. The van der Waals surface area contributed by atoms with Gasteiger partial charge in [-0.1, -0.05) is 12.1 Å². The Morgan fingerprint density at radius 1 is 1.23 bits per heavy atom. The minimum atomic E-state index is -0.173. The molecule has 26 heavy (non-hydrogen) atoms. The lowest BCUT2D eigenvalue weighted by Crippen LogP contribution is -2.46. The Bertz CT molecular complexity index is 574.